The van der Waals surface area contributed by atoms with Gasteiger partial charge in [0.1, 0.15) is 0 Å². The maximum absolute atomic E-state index is 12.3. The van der Waals surface area contributed by atoms with Gasteiger partial charge in [-0.3, -0.25) is 0 Å². The first kappa shape index (κ1) is 16.6. The van der Waals surface area contributed by atoms with Gasteiger partial charge in [-0.05, 0) is 42.5 Å². The van der Waals surface area contributed by atoms with Gasteiger partial charge < -0.3 is 5.11 Å². The number of sulfonamides is 1. The van der Waals surface area contributed by atoms with Crippen LogP contribution in [0.4, 0.5) is 0 Å². The van der Waals surface area contributed by atoms with Gasteiger partial charge in [-0.2, -0.15) is 0 Å². The second-order valence-corrected chi connectivity index (χ2v) is 7.36. The Balaban J connectivity index is 3.21. The minimum Gasteiger partial charge on any atom is -0.396 e. The smallest absolute Gasteiger partial charge is 0.240 e. The van der Waals surface area contributed by atoms with E-state index in [1.165, 1.54) is 0 Å². The number of benzene rings is 1. The minimum atomic E-state index is -3.53. The molecule has 0 fully saturated rings. The summed E-state index contributed by atoms with van der Waals surface area (Å²) in [7, 11) is -3.53. The van der Waals surface area contributed by atoms with E-state index in [9.17, 15) is 8.42 Å². The standard InChI is InChI=1S/C13H20BrNO3S/c1-9(2)11-8-12(14)10(3)7-13(11)19(17,18)15-5-4-6-16/h7-9,15-16H,4-6H2,1-3H3. The zero-order valence-corrected chi connectivity index (χ0v) is 13.8. The monoisotopic (exact) mass is 349 g/mol. The normalized spacial score (nSPS) is 12.1. The van der Waals surface area contributed by atoms with E-state index in [1.54, 1.807) is 6.07 Å². The Hall–Kier alpha value is -0.430. The fraction of sp³-hybridized carbons (Fsp3) is 0.538. The highest BCUT2D eigenvalue weighted by atomic mass is 79.9. The number of aryl methyl sites for hydroxylation is 1. The molecule has 0 aliphatic rings. The van der Waals surface area contributed by atoms with E-state index in [2.05, 4.69) is 20.7 Å². The van der Waals surface area contributed by atoms with Crippen LogP contribution in [0.25, 0.3) is 0 Å². The summed E-state index contributed by atoms with van der Waals surface area (Å²) < 4.78 is 28.0. The van der Waals surface area contributed by atoms with Crippen molar-refractivity contribution in [3.8, 4) is 0 Å². The Kier molecular flexibility index (Phi) is 5.98. The molecule has 0 aromatic heterocycles. The molecule has 0 radical (unpaired) electrons. The van der Waals surface area contributed by atoms with Crippen molar-refractivity contribution in [2.45, 2.75) is 38.0 Å². The summed E-state index contributed by atoms with van der Waals surface area (Å²) in [6.07, 6.45) is 0.408. The van der Waals surface area contributed by atoms with Gasteiger partial charge in [-0.25, -0.2) is 13.1 Å². The van der Waals surface area contributed by atoms with Crippen LogP contribution in [-0.4, -0.2) is 26.7 Å². The van der Waals surface area contributed by atoms with Gasteiger partial charge in [0.15, 0.2) is 0 Å². The van der Waals surface area contributed by atoms with Crippen LogP contribution in [0.1, 0.15) is 37.3 Å². The predicted molar refractivity (Wildman–Crippen MR) is 79.9 cm³/mol. The lowest BCUT2D eigenvalue weighted by atomic mass is 10.0. The van der Waals surface area contributed by atoms with Crippen molar-refractivity contribution in [3.63, 3.8) is 0 Å². The molecule has 0 atom stereocenters. The topological polar surface area (TPSA) is 66.4 Å². The molecule has 0 bridgehead atoms. The maximum Gasteiger partial charge on any atom is 0.240 e. The Morgan fingerprint density at radius 3 is 2.53 bits per heavy atom. The Bertz CT molecular complexity index is 541. The number of rotatable bonds is 6. The molecule has 0 aliphatic carbocycles. The highest BCUT2D eigenvalue weighted by Crippen LogP contribution is 2.29. The zero-order chi connectivity index (χ0) is 14.6. The third-order valence-electron chi connectivity index (χ3n) is 2.83. The van der Waals surface area contributed by atoms with Crippen molar-refractivity contribution in [2.75, 3.05) is 13.2 Å². The first-order valence-corrected chi connectivity index (χ1v) is 8.47. The second-order valence-electron chi connectivity index (χ2n) is 4.77. The van der Waals surface area contributed by atoms with E-state index < -0.39 is 10.0 Å². The van der Waals surface area contributed by atoms with Crippen molar-refractivity contribution >= 4 is 26.0 Å². The van der Waals surface area contributed by atoms with Crippen molar-refractivity contribution in [3.05, 3.63) is 27.7 Å². The van der Waals surface area contributed by atoms with Gasteiger partial charge in [-0.15, -0.1) is 0 Å². The predicted octanol–water partition coefficient (Wildman–Crippen LogP) is 2.54. The van der Waals surface area contributed by atoms with Crippen LogP contribution in [0.2, 0.25) is 0 Å². The van der Waals surface area contributed by atoms with E-state index in [0.717, 1.165) is 15.6 Å². The number of hydrogen-bond donors (Lipinski definition) is 2. The average molecular weight is 350 g/mol. The van der Waals surface area contributed by atoms with Crippen LogP contribution >= 0.6 is 15.9 Å². The van der Waals surface area contributed by atoms with Crippen LogP contribution in [0, 0.1) is 6.92 Å². The molecule has 19 heavy (non-hydrogen) atoms. The molecule has 0 saturated heterocycles. The van der Waals surface area contributed by atoms with E-state index >= 15 is 0 Å². The molecule has 2 N–H and O–H groups in total. The number of halogens is 1. The molecule has 4 nitrogen and oxygen atoms in total. The van der Waals surface area contributed by atoms with E-state index in [4.69, 9.17) is 5.11 Å². The van der Waals surface area contributed by atoms with E-state index in [1.807, 2.05) is 26.8 Å². The molecule has 108 valence electrons. The molecule has 1 rings (SSSR count). The lowest BCUT2D eigenvalue weighted by Gasteiger charge is -2.16. The Morgan fingerprint density at radius 1 is 1.37 bits per heavy atom. The van der Waals surface area contributed by atoms with Crippen molar-refractivity contribution in [1.29, 1.82) is 0 Å². The summed E-state index contributed by atoms with van der Waals surface area (Å²) in [4.78, 5) is 0.320. The molecule has 1 aromatic rings. The Morgan fingerprint density at radius 2 is 2.00 bits per heavy atom. The Labute approximate surface area is 123 Å². The van der Waals surface area contributed by atoms with Crippen LogP contribution in [-0.2, 0) is 10.0 Å². The van der Waals surface area contributed by atoms with Gasteiger partial charge in [0.05, 0.1) is 4.90 Å². The van der Waals surface area contributed by atoms with Crippen LogP contribution in [0.15, 0.2) is 21.5 Å². The lowest BCUT2D eigenvalue weighted by Crippen LogP contribution is -2.26. The molecule has 0 spiro atoms. The molecule has 0 saturated carbocycles. The fourth-order valence-corrected chi connectivity index (χ4v) is 3.58. The highest BCUT2D eigenvalue weighted by molar-refractivity contribution is 9.10. The molecular formula is C13H20BrNO3S. The van der Waals surface area contributed by atoms with Crippen molar-refractivity contribution in [2.24, 2.45) is 0 Å². The number of nitrogens with one attached hydrogen (secondary N) is 1. The quantitative estimate of drug-likeness (QED) is 0.775. The summed E-state index contributed by atoms with van der Waals surface area (Å²) >= 11 is 3.43. The third-order valence-corrected chi connectivity index (χ3v) is 5.20. The molecule has 1 aromatic carbocycles. The first-order valence-electron chi connectivity index (χ1n) is 6.20. The summed E-state index contributed by atoms with van der Waals surface area (Å²) in [5, 5.41) is 8.72. The lowest BCUT2D eigenvalue weighted by molar-refractivity contribution is 0.289. The first-order chi connectivity index (χ1) is 8.79. The van der Waals surface area contributed by atoms with Gasteiger partial charge in [-0.1, -0.05) is 29.8 Å². The highest BCUT2D eigenvalue weighted by Gasteiger charge is 2.21. The largest absolute Gasteiger partial charge is 0.396 e. The van der Waals surface area contributed by atoms with Gasteiger partial charge in [0.2, 0.25) is 10.0 Å². The summed E-state index contributed by atoms with van der Waals surface area (Å²) in [5.74, 6) is 0.112. The van der Waals surface area contributed by atoms with Crippen LogP contribution in [0.5, 0.6) is 0 Å². The molecule has 0 heterocycles. The summed E-state index contributed by atoms with van der Waals surface area (Å²) in [5.41, 5.74) is 1.67. The summed E-state index contributed by atoms with van der Waals surface area (Å²) in [6.45, 7) is 6.00. The van der Waals surface area contributed by atoms with Crippen LogP contribution < -0.4 is 4.72 Å². The fourth-order valence-electron chi connectivity index (χ4n) is 1.72. The number of aliphatic hydroxyl groups is 1. The molecule has 0 amide bonds. The molecule has 6 heteroatoms. The number of aliphatic hydroxyl groups excluding tert-OH is 1. The van der Waals surface area contributed by atoms with Gasteiger partial charge in [0.25, 0.3) is 0 Å². The van der Waals surface area contributed by atoms with Gasteiger partial charge >= 0.3 is 0 Å². The summed E-state index contributed by atoms with van der Waals surface area (Å²) in [6, 6.07) is 3.54. The molecular weight excluding hydrogens is 330 g/mol. The zero-order valence-electron chi connectivity index (χ0n) is 11.4. The van der Waals surface area contributed by atoms with E-state index in [-0.39, 0.29) is 19.1 Å². The van der Waals surface area contributed by atoms with Gasteiger partial charge in [0, 0.05) is 17.6 Å². The molecule has 0 unspecified atom stereocenters. The third kappa shape index (κ3) is 4.27. The SMILES string of the molecule is Cc1cc(S(=O)(=O)NCCCO)c(C(C)C)cc1Br. The van der Waals surface area contributed by atoms with Crippen molar-refractivity contribution in [1.82, 2.24) is 4.72 Å². The number of hydrogen-bond acceptors (Lipinski definition) is 3. The maximum atomic E-state index is 12.3. The van der Waals surface area contributed by atoms with E-state index in [0.29, 0.717) is 11.3 Å². The van der Waals surface area contributed by atoms with Crippen molar-refractivity contribution < 1.29 is 13.5 Å². The average Bonchev–Trinajstić information content (AvgIpc) is 2.31. The molecule has 0 aliphatic heterocycles. The second kappa shape index (κ2) is 6.83. The van der Waals surface area contributed by atoms with Crippen LogP contribution in [0.3, 0.4) is 0 Å². The minimum absolute atomic E-state index is 0.0288.